The van der Waals surface area contributed by atoms with Gasteiger partial charge in [-0.15, -0.1) is 10.2 Å². The Labute approximate surface area is 194 Å². The summed E-state index contributed by atoms with van der Waals surface area (Å²) >= 11 is 4.69. The van der Waals surface area contributed by atoms with E-state index in [1.165, 1.54) is 36.0 Å². The minimum atomic E-state index is -0.339. The zero-order valence-electron chi connectivity index (χ0n) is 17.4. The summed E-state index contributed by atoms with van der Waals surface area (Å²) in [7, 11) is 0. The molecular weight excluding hydrogens is 457 g/mol. The highest BCUT2D eigenvalue weighted by atomic mass is 32.2. The van der Waals surface area contributed by atoms with Crippen LogP contribution in [0.15, 0.2) is 32.9 Å². The van der Waals surface area contributed by atoms with Crippen molar-refractivity contribution in [1.82, 2.24) is 20.0 Å². The molecule has 2 aromatic rings. The minimum Gasteiger partial charge on any atom is -0.339 e. The van der Waals surface area contributed by atoms with Crippen molar-refractivity contribution in [3.63, 3.8) is 0 Å². The van der Waals surface area contributed by atoms with Crippen LogP contribution >= 0.6 is 34.9 Å². The van der Waals surface area contributed by atoms with Gasteiger partial charge in [-0.1, -0.05) is 48.2 Å². The lowest BCUT2D eigenvalue weighted by Crippen LogP contribution is -2.50. The average Bonchev–Trinajstić information content (AvgIpc) is 3.22. The molecule has 2 heterocycles. The van der Waals surface area contributed by atoms with Crippen LogP contribution in [-0.4, -0.2) is 76.0 Å². The number of halogens is 1. The molecule has 168 valence electrons. The molecule has 1 aliphatic rings. The van der Waals surface area contributed by atoms with Crippen molar-refractivity contribution in [2.45, 2.75) is 28.4 Å². The van der Waals surface area contributed by atoms with Crippen LogP contribution in [0.3, 0.4) is 0 Å². The number of anilines is 1. The number of rotatable bonds is 10. The number of carbonyl (C=O) groups is 2. The van der Waals surface area contributed by atoms with Gasteiger partial charge >= 0.3 is 0 Å². The number of nitrogens with zero attached hydrogens (tertiary/aromatic N) is 4. The molecule has 0 atom stereocenters. The Morgan fingerprint density at radius 3 is 2.45 bits per heavy atom. The molecule has 7 nitrogen and oxygen atoms in total. The van der Waals surface area contributed by atoms with E-state index in [1.807, 2.05) is 9.80 Å². The smallest absolute Gasteiger partial charge is 0.238 e. The van der Waals surface area contributed by atoms with Crippen LogP contribution in [0.5, 0.6) is 0 Å². The molecule has 0 aliphatic carbocycles. The number of nitrogens with one attached hydrogen (secondary N) is 1. The fraction of sp³-hybridized carbons (Fsp3) is 0.500. The lowest BCUT2D eigenvalue weighted by atomic mass is 10.3. The first-order valence-electron chi connectivity index (χ1n) is 10.2. The largest absolute Gasteiger partial charge is 0.339 e. The average molecular weight is 484 g/mol. The van der Waals surface area contributed by atoms with Gasteiger partial charge in [-0.05, 0) is 30.7 Å². The van der Waals surface area contributed by atoms with E-state index >= 15 is 0 Å². The normalized spacial score (nSPS) is 14.6. The van der Waals surface area contributed by atoms with Gasteiger partial charge in [-0.2, -0.15) is 0 Å². The van der Waals surface area contributed by atoms with E-state index in [-0.39, 0.29) is 24.2 Å². The van der Waals surface area contributed by atoms with Crippen LogP contribution in [0.2, 0.25) is 0 Å². The molecule has 0 unspecified atom stereocenters. The number of hydrogen-bond donors (Lipinski definition) is 1. The van der Waals surface area contributed by atoms with Gasteiger partial charge in [0.1, 0.15) is 5.82 Å². The first kappa shape index (κ1) is 24.0. The molecule has 11 heteroatoms. The van der Waals surface area contributed by atoms with Gasteiger partial charge in [0.2, 0.25) is 11.8 Å². The predicted molar refractivity (Wildman–Crippen MR) is 124 cm³/mol. The van der Waals surface area contributed by atoms with Crippen LogP contribution < -0.4 is 5.32 Å². The van der Waals surface area contributed by atoms with E-state index < -0.39 is 0 Å². The maximum atomic E-state index is 12.9. The van der Waals surface area contributed by atoms with E-state index in [2.05, 4.69) is 22.4 Å². The van der Waals surface area contributed by atoms with Gasteiger partial charge in [-0.3, -0.25) is 14.5 Å². The predicted octanol–water partition coefficient (Wildman–Crippen LogP) is 3.44. The highest BCUT2D eigenvalue weighted by Crippen LogP contribution is 2.29. The van der Waals surface area contributed by atoms with Gasteiger partial charge in [-0.25, -0.2) is 4.39 Å². The number of benzene rings is 1. The van der Waals surface area contributed by atoms with Crippen LogP contribution in [-0.2, 0) is 9.59 Å². The summed E-state index contributed by atoms with van der Waals surface area (Å²) in [6.07, 6.45) is 2.32. The Morgan fingerprint density at radius 1 is 1.10 bits per heavy atom. The molecule has 1 aromatic carbocycles. The van der Waals surface area contributed by atoms with Crippen molar-refractivity contribution in [2.75, 3.05) is 49.5 Å². The summed E-state index contributed by atoms with van der Waals surface area (Å²) in [5.41, 5.74) is 0.570. The Balaban J connectivity index is 1.34. The lowest BCUT2D eigenvalue weighted by molar-refractivity contribution is -0.130. The second-order valence-corrected chi connectivity index (χ2v) is 10.6. The lowest BCUT2D eigenvalue weighted by Gasteiger charge is -2.34. The van der Waals surface area contributed by atoms with Crippen molar-refractivity contribution in [3.8, 4) is 0 Å². The SMILES string of the molecule is CCCCSc1nnc(SCC(=O)N2CCN(CC(=O)Nc3ccc(F)cc3)CC2)s1. The second kappa shape index (κ2) is 12.4. The Bertz CT molecular complexity index is 857. The molecule has 1 saturated heterocycles. The van der Waals surface area contributed by atoms with Gasteiger partial charge in [0.05, 0.1) is 12.3 Å². The molecule has 3 rings (SSSR count). The summed E-state index contributed by atoms with van der Waals surface area (Å²) in [5, 5.41) is 11.1. The minimum absolute atomic E-state index is 0.0794. The number of piperazine rings is 1. The zero-order valence-corrected chi connectivity index (χ0v) is 19.8. The number of aromatic nitrogens is 2. The van der Waals surface area contributed by atoms with Gasteiger partial charge in [0.15, 0.2) is 8.68 Å². The van der Waals surface area contributed by atoms with Crippen LogP contribution in [0.4, 0.5) is 10.1 Å². The fourth-order valence-electron chi connectivity index (χ4n) is 2.92. The summed E-state index contributed by atoms with van der Waals surface area (Å²) in [6, 6.07) is 5.69. The molecule has 0 bridgehead atoms. The topological polar surface area (TPSA) is 78.4 Å². The first-order chi connectivity index (χ1) is 15.0. The summed E-state index contributed by atoms with van der Waals surface area (Å²) in [6.45, 7) is 4.89. The highest BCUT2D eigenvalue weighted by Gasteiger charge is 2.23. The van der Waals surface area contributed by atoms with Crippen LogP contribution in [0.1, 0.15) is 19.8 Å². The molecule has 0 saturated carbocycles. The van der Waals surface area contributed by atoms with Gasteiger partial charge in [0.25, 0.3) is 0 Å². The molecule has 31 heavy (non-hydrogen) atoms. The third-order valence-corrected chi connectivity index (χ3v) is 7.91. The molecular formula is C20H26FN5O2S3. The monoisotopic (exact) mass is 483 g/mol. The standard InChI is InChI=1S/C20H26FN5O2S3/c1-2-3-12-29-19-23-24-20(31-19)30-14-18(28)26-10-8-25(9-11-26)13-17(27)22-16-6-4-15(21)5-7-16/h4-7H,2-3,8-14H2,1H3,(H,22,27). The number of amides is 2. The molecule has 1 aromatic heterocycles. The number of thioether (sulfide) groups is 2. The van der Waals surface area contributed by atoms with E-state index in [0.717, 1.165) is 27.3 Å². The maximum absolute atomic E-state index is 12.9. The maximum Gasteiger partial charge on any atom is 0.238 e. The van der Waals surface area contributed by atoms with Gasteiger partial charge < -0.3 is 10.2 Å². The molecule has 1 N–H and O–H groups in total. The van der Waals surface area contributed by atoms with Crippen LogP contribution in [0, 0.1) is 5.82 Å². The van der Waals surface area contributed by atoms with Crippen molar-refractivity contribution >= 4 is 52.4 Å². The van der Waals surface area contributed by atoms with Crippen molar-refractivity contribution in [1.29, 1.82) is 0 Å². The Morgan fingerprint density at radius 2 is 1.77 bits per heavy atom. The molecule has 0 radical (unpaired) electrons. The Hall–Kier alpha value is -1.69. The zero-order chi connectivity index (χ0) is 22.1. The first-order valence-corrected chi connectivity index (χ1v) is 13.0. The van der Waals surface area contributed by atoms with Crippen LogP contribution in [0.25, 0.3) is 0 Å². The number of carbonyl (C=O) groups excluding carboxylic acids is 2. The van der Waals surface area contributed by atoms with E-state index in [9.17, 15) is 14.0 Å². The quantitative estimate of drug-likeness (QED) is 0.410. The Kier molecular flexibility index (Phi) is 9.56. The summed E-state index contributed by atoms with van der Waals surface area (Å²) < 4.78 is 14.7. The van der Waals surface area contributed by atoms with Crippen molar-refractivity contribution in [2.24, 2.45) is 0 Å². The second-order valence-electron chi connectivity index (χ2n) is 7.04. The van der Waals surface area contributed by atoms with Crippen molar-refractivity contribution < 1.29 is 14.0 Å². The van der Waals surface area contributed by atoms with Gasteiger partial charge in [0, 0.05) is 37.6 Å². The van der Waals surface area contributed by atoms with E-state index in [1.54, 1.807) is 23.1 Å². The molecule has 1 aliphatic heterocycles. The molecule has 2 amide bonds. The molecule has 0 spiro atoms. The summed E-state index contributed by atoms with van der Waals surface area (Å²) in [4.78, 5) is 28.5. The van der Waals surface area contributed by atoms with E-state index in [4.69, 9.17) is 0 Å². The van der Waals surface area contributed by atoms with E-state index in [0.29, 0.717) is 37.6 Å². The third kappa shape index (κ3) is 8.06. The fourth-order valence-corrected chi connectivity index (χ4v) is 6.00. The number of unbranched alkanes of at least 4 members (excludes halogenated alkanes) is 1. The van der Waals surface area contributed by atoms with Crippen molar-refractivity contribution in [3.05, 3.63) is 30.1 Å². The number of hydrogen-bond acceptors (Lipinski definition) is 8. The summed E-state index contributed by atoms with van der Waals surface area (Å²) in [5.74, 6) is 0.983. The molecule has 1 fully saturated rings. The highest BCUT2D eigenvalue weighted by molar-refractivity contribution is 8.03. The third-order valence-electron chi connectivity index (χ3n) is 4.65.